The van der Waals surface area contributed by atoms with Gasteiger partial charge in [0.2, 0.25) is 0 Å². The van der Waals surface area contributed by atoms with Gasteiger partial charge in [-0.05, 0) is 31.0 Å². The average Bonchev–Trinajstić information content (AvgIpc) is 2.37. The van der Waals surface area contributed by atoms with Crippen molar-refractivity contribution >= 4 is 5.97 Å². The van der Waals surface area contributed by atoms with Crippen LogP contribution in [0.5, 0.6) is 11.5 Å². The van der Waals surface area contributed by atoms with Gasteiger partial charge in [0.1, 0.15) is 0 Å². The second-order valence-corrected chi connectivity index (χ2v) is 3.44. The minimum Gasteiger partial charge on any atom is -0.493 e. The molecule has 17 heavy (non-hydrogen) atoms. The minimum atomic E-state index is -0.328. The Balaban J connectivity index is 3.23. The lowest BCUT2D eigenvalue weighted by Crippen LogP contribution is -2.09. The van der Waals surface area contributed by atoms with Crippen LogP contribution in [-0.2, 0) is 11.2 Å². The van der Waals surface area contributed by atoms with Gasteiger partial charge in [-0.15, -0.1) is 0 Å². The third-order valence-corrected chi connectivity index (χ3v) is 2.49. The average molecular weight is 238 g/mol. The Labute approximate surface area is 101 Å². The van der Waals surface area contributed by atoms with Crippen LogP contribution in [0.2, 0.25) is 0 Å². The van der Waals surface area contributed by atoms with Crippen LogP contribution in [0.3, 0.4) is 0 Å². The highest BCUT2D eigenvalue weighted by Gasteiger charge is 2.16. The van der Waals surface area contributed by atoms with Gasteiger partial charge < -0.3 is 14.2 Å². The first-order valence-corrected chi connectivity index (χ1v) is 5.59. The molecule has 4 heteroatoms. The topological polar surface area (TPSA) is 44.8 Å². The number of carbonyl (C=O) groups is 1. The molecular weight excluding hydrogens is 220 g/mol. The predicted molar refractivity (Wildman–Crippen MR) is 64.9 cm³/mol. The van der Waals surface area contributed by atoms with Crippen molar-refractivity contribution in [1.82, 2.24) is 0 Å². The summed E-state index contributed by atoms with van der Waals surface area (Å²) in [6.45, 7) is 4.12. The lowest BCUT2D eigenvalue weighted by Gasteiger charge is -2.13. The van der Waals surface area contributed by atoms with E-state index in [1.165, 1.54) is 0 Å². The maximum atomic E-state index is 11.8. The first-order chi connectivity index (χ1) is 8.17. The van der Waals surface area contributed by atoms with Gasteiger partial charge in [0.25, 0.3) is 0 Å². The third-order valence-electron chi connectivity index (χ3n) is 2.49. The number of methoxy groups -OCH3 is 2. The highest BCUT2D eigenvalue weighted by molar-refractivity contribution is 5.92. The molecule has 4 nitrogen and oxygen atoms in total. The fourth-order valence-electron chi connectivity index (χ4n) is 1.61. The quantitative estimate of drug-likeness (QED) is 0.739. The van der Waals surface area contributed by atoms with Gasteiger partial charge in [-0.1, -0.05) is 6.92 Å². The van der Waals surface area contributed by atoms with E-state index < -0.39 is 0 Å². The van der Waals surface area contributed by atoms with E-state index in [1.54, 1.807) is 27.2 Å². The van der Waals surface area contributed by atoms with Crippen LogP contribution in [0.25, 0.3) is 0 Å². The van der Waals surface area contributed by atoms with Crippen molar-refractivity contribution in [2.75, 3.05) is 20.8 Å². The number of hydrogen-bond acceptors (Lipinski definition) is 4. The van der Waals surface area contributed by atoms with Gasteiger partial charge in [-0.2, -0.15) is 0 Å². The summed E-state index contributed by atoms with van der Waals surface area (Å²) >= 11 is 0. The van der Waals surface area contributed by atoms with E-state index in [1.807, 2.05) is 13.0 Å². The van der Waals surface area contributed by atoms with Crippen molar-refractivity contribution < 1.29 is 19.0 Å². The maximum absolute atomic E-state index is 11.8. The van der Waals surface area contributed by atoms with E-state index in [2.05, 4.69) is 0 Å². The molecule has 1 aromatic rings. The number of benzene rings is 1. The highest BCUT2D eigenvalue weighted by atomic mass is 16.5. The Morgan fingerprint density at radius 2 is 1.71 bits per heavy atom. The van der Waals surface area contributed by atoms with Crippen molar-refractivity contribution in [3.63, 3.8) is 0 Å². The molecule has 0 atom stereocenters. The first-order valence-electron chi connectivity index (χ1n) is 5.59. The summed E-state index contributed by atoms with van der Waals surface area (Å²) in [5, 5.41) is 0. The zero-order valence-electron chi connectivity index (χ0n) is 10.7. The molecule has 0 aromatic heterocycles. The van der Waals surface area contributed by atoms with E-state index in [9.17, 15) is 4.79 Å². The number of carbonyl (C=O) groups excluding carboxylic acids is 1. The molecule has 1 aromatic carbocycles. The minimum absolute atomic E-state index is 0.328. The molecule has 0 radical (unpaired) electrons. The number of aryl methyl sites for hydroxylation is 1. The van der Waals surface area contributed by atoms with Crippen LogP contribution >= 0.6 is 0 Å². The number of rotatable bonds is 5. The van der Waals surface area contributed by atoms with Crippen LogP contribution in [0.15, 0.2) is 12.1 Å². The van der Waals surface area contributed by atoms with E-state index in [0.717, 1.165) is 12.0 Å². The van der Waals surface area contributed by atoms with Crippen molar-refractivity contribution in [3.05, 3.63) is 23.3 Å². The number of esters is 1. The molecule has 0 fully saturated rings. The number of hydrogen-bond donors (Lipinski definition) is 0. The van der Waals surface area contributed by atoms with Crippen LogP contribution < -0.4 is 9.47 Å². The molecule has 0 aliphatic rings. The monoisotopic (exact) mass is 238 g/mol. The van der Waals surface area contributed by atoms with Gasteiger partial charge in [-0.25, -0.2) is 4.79 Å². The molecule has 0 aliphatic heterocycles. The van der Waals surface area contributed by atoms with Crippen LogP contribution in [0, 0.1) is 0 Å². The Hall–Kier alpha value is -1.71. The molecule has 0 N–H and O–H groups in total. The molecule has 0 aliphatic carbocycles. The summed E-state index contributed by atoms with van der Waals surface area (Å²) in [5.41, 5.74) is 1.42. The summed E-state index contributed by atoms with van der Waals surface area (Å²) in [5.74, 6) is 0.829. The van der Waals surface area contributed by atoms with E-state index >= 15 is 0 Å². The third kappa shape index (κ3) is 2.90. The van der Waals surface area contributed by atoms with Gasteiger partial charge in [-0.3, -0.25) is 0 Å². The summed E-state index contributed by atoms with van der Waals surface area (Å²) < 4.78 is 15.4. The molecule has 0 unspecified atom stereocenters. The van der Waals surface area contributed by atoms with Gasteiger partial charge >= 0.3 is 5.97 Å². The molecule has 0 amide bonds. The lowest BCUT2D eigenvalue weighted by molar-refractivity contribution is 0.0524. The first kappa shape index (κ1) is 13.4. The molecule has 1 rings (SSSR count). The van der Waals surface area contributed by atoms with Crippen LogP contribution in [-0.4, -0.2) is 26.8 Å². The largest absolute Gasteiger partial charge is 0.493 e. The predicted octanol–water partition coefficient (Wildman–Crippen LogP) is 2.44. The standard InChI is InChI=1S/C13H18O4/c1-5-9-7-11(15-3)12(16-4)8-10(9)13(14)17-6-2/h7-8H,5-6H2,1-4H3. The van der Waals surface area contributed by atoms with E-state index in [0.29, 0.717) is 23.7 Å². The van der Waals surface area contributed by atoms with Crippen molar-refractivity contribution in [2.24, 2.45) is 0 Å². The van der Waals surface area contributed by atoms with Crippen molar-refractivity contribution in [3.8, 4) is 11.5 Å². The summed E-state index contributed by atoms with van der Waals surface area (Å²) in [6.07, 6.45) is 0.731. The van der Waals surface area contributed by atoms with Crippen molar-refractivity contribution in [2.45, 2.75) is 20.3 Å². The smallest absolute Gasteiger partial charge is 0.338 e. The lowest BCUT2D eigenvalue weighted by atomic mass is 10.0. The highest BCUT2D eigenvalue weighted by Crippen LogP contribution is 2.31. The summed E-state index contributed by atoms with van der Waals surface area (Å²) in [6, 6.07) is 3.47. The fourth-order valence-corrected chi connectivity index (χ4v) is 1.61. The molecule has 0 saturated heterocycles. The zero-order valence-corrected chi connectivity index (χ0v) is 10.7. The van der Waals surface area contributed by atoms with Crippen LogP contribution in [0.4, 0.5) is 0 Å². The van der Waals surface area contributed by atoms with Gasteiger partial charge in [0.15, 0.2) is 11.5 Å². The summed E-state index contributed by atoms with van der Waals surface area (Å²) in [7, 11) is 3.11. The van der Waals surface area contributed by atoms with Gasteiger partial charge in [0.05, 0.1) is 26.4 Å². The fraction of sp³-hybridized carbons (Fsp3) is 0.462. The molecular formula is C13H18O4. The summed E-state index contributed by atoms with van der Waals surface area (Å²) in [4.78, 5) is 11.8. The number of ether oxygens (including phenoxy) is 3. The van der Waals surface area contributed by atoms with Crippen LogP contribution in [0.1, 0.15) is 29.8 Å². The molecule has 0 saturated carbocycles. The van der Waals surface area contributed by atoms with Gasteiger partial charge in [0, 0.05) is 0 Å². The van der Waals surface area contributed by atoms with E-state index in [4.69, 9.17) is 14.2 Å². The second kappa shape index (κ2) is 6.13. The van der Waals surface area contributed by atoms with E-state index in [-0.39, 0.29) is 5.97 Å². The Morgan fingerprint density at radius 3 is 2.18 bits per heavy atom. The molecule has 0 spiro atoms. The Morgan fingerprint density at radius 1 is 1.12 bits per heavy atom. The normalized spacial score (nSPS) is 9.88. The Kier molecular flexibility index (Phi) is 4.82. The second-order valence-electron chi connectivity index (χ2n) is 3.44. The molecule has 0 heterocycles. The Bertz CT molecular complexity index is 399. The maximum Gasteiger partial charge on any atom is 0.338 e. The van der Waals surface area contributed by atoms with Crippen molar-refractivity contribution in [1.29, 1.82) is 0 Å². The SMILES string of the molecule is CCOC(=O)c1cc(OC)c(OC)cc1CC. The molecule has 94 valence electrons. The molecule has 0 bridgehead atoms. The zero-order chi connectivity index (χ0) is 12.8.